The second-order valence-corrected chi connectivity index (χ2v) is 7.80. The number of nitrogens with zero attached hydrogens (tertiary/aromatic N) is 1. The lowest BCUT2D eigenvalue weighted by molar-refractivity contribution is -0.123. The number of rotatable bonds is 5. The molecule has 1 fully saturated rings. The minimum absolute atomic E-state index is 0.238. The van der Waals surface area contributed by atoms with Crippen molar-refractivity contribution in [2.45, 2.75) is 27.7 Å². The van der Waals surface area contributed by atoms with Crippen LogP contribution in [0.2, 0.25) is 0 Å². The molecule has 4 nitrogen and oxygen atoms in total. The highest BCUT2D eigenvalue weighted by atomic mass is 32.2. The third kappa shape index (κ3) is 4.42. The first-order chi connectivity index (χ1) is 12.8. The van der Waals surface area contributed by atoms with Crippen LogP contribution >= 0.6 is 11.8 Å². The van der Waals surface area contributed by atoms with Gasteiger partial charge in [0.2, 0.25) is 0 Å². The zero-order valence-electron chi connectivity index (χ0n) is 16.0. The summed E-state index contributed by atoms with van der Waals surface area (Å²) < 4.78 is 5.65. The maximum atomic E-state index is 12.7. The molecule has 0 N–H and O–H groups in total. The van der Waals surface area contributed by atoms with E-state index in [-0.39, 0.29) is 24.3 Å². The van der Waals surface area contributed by atoms with Crippen LogP contribution in [0.25, 0.3) is 6.08 Å². The molecule has 2 aromatic rings. The third-order valence-electron chi connectivity index (χ3n) is 4.49. The lowest BCUT2D eigenvalue weighted by Crippen LogP contribution is -2.32. The van der Waals surface area contributed by atoms with Gasteiger partial charge < -0.3 is 4.74 Å². The van der Waals surface area contributed by atoms with E-state index in [1.54, 1.807) is 0 Å². The number of hydrogen-bond donors (Lipinski definition) is 0. The maximum Gasteiger partial charge on any atom is 0.293 e. The van der Waals surface area contributed by atoms with Crippen LogP contribution in [0.15, 0.2) is 41.3 Å². The van der Waals surface area contributed by atoms with Gasteiger partial charge in [0.25, 0.3) is 11.1 Å². The molecule has 0 atom stereocenters. The summed E-state index contributed by atoms with van der Waals surface area (Å²) in [5.41, 5.74) is 5.54. The lowest BCUT2D eigenvalue weighted by atomic mass is 9.99. The van der Waals surface area contributed by atoms with Gasteiger partial charge in [0.1, 0.15) is 12.4 Å². The average molecular weight is 381 g/mol. The summed E-state index contributed by atoms with van der Waals surface area (Å²) in [6.45, 7) is 8.61. The van der Waals surface area contributed by atoms with Gasteiger partial charge in [0.05, 0.1) is 11.4 Å². The minimum Gasteiger partial charge on any atom is -0.492 e. The first-order valence-corrected chi connectivity index (χ1v) is 9.69. The number of thioether (sulfide) groups is 1. The Labute approximate surface area is 164 Å². The van der Waals surface area contributed by atoms with E-state index in [2.05, 4.69) is 12.1 Å². The van der Waals surface area contributed by atoms with Crippen LogP contribution in [0, 0.1) is 27.7 Å². The molecule has 140 valence electrons. The van der Waals surface area contributed by atoms with Gasteiger partial charge in [-0.05, 0) is 74.4 Å². The molecule has 0 aromatic heterocycles. The van der Waals surface area contributed by atoms with E-state index in [9.17, 15) is 9.59 Å². The van der Waals surface area contributed by atoms with Crippen LogP contribution in [0.1, 0.15) is 27.8 Å². The second kappa shape index (κ2) is 8.01. The molecule has 0 aliphatic carbocycles. The Morgan fingerprint density at radius 1 is 0.963 bits per heavy atom. The molecule has 1 aliphatic heterocycles. The molecule has 0 spiro atoms. The van der Waals surface area contributed by atoms with Crippen LogP contribution in [0.4, 0.5) is 4.79 Å². The Kier molecular flexibility index (Phi) is 5.71. The molecule has 3 rings (SSSR count). The van der Waals surface area contributed by atoms with Crippen molar-refractivity contribution in [3.8, 4) is 5.75 Å². The molecule has 2 amide bonds. The fraction of sp³-hybridized carbons (Fsp3) is 0.273. The largest absolute Gasteiger partial charge is 0.492 e. The number of benzene rings is 2. The fourth-order valence-electron chi connectivity index (χ4n) is 3.13. The van der Waals surface area contributed by atoms with E-state index in [4.69, 9.17) is 4.74 Å². The number of hydrogen-bond acceptors (Lipinski definition) is 4. The van der Waals surface area contributed by atoms with Crippen molar-refractivity contribution in [2.24, 2.45) is 0 Å². The Balaban J connectivity index is 1.69. The van der Waals surface area contributed by atoms with Crippen molar-refractivity contribution in [2.75, 3.05) is 13.2 Å². The number of carbonyl (C=O) groups is 2. The molecule has 0 radical (unpaired) electrons. The van der Waals surface area contributed by atoms with Crippen molar-refractivity contribution in [1.82, 2.24) is 4.90 Å². The molecule has 2 aromatic carbocycles. The second-order valence-electron chi connectivity index (χ2n) is 6.81. The summed E-state index contributed by atoms with van der Waals surface area (Å²) in [6, 6.07) is 11.9. The van der Waals surface area contributed by atoms with E-state index in [1.165, 1.54) is 10.5 Å². The molecule has 0 bridgehead atoms. The number of ether oxygens (including phenoxy) is 1. The highest BCUT2D eigenvalue weighted by molar-refractivity contribution is 8.18. The van der Waals surface area contributed by atoms with Gasteiger partial charge >= 0.3 is 0 Å². The van der Waals surface area contributed by atoms with E-state index < -0.39 is 0 Å². The summed E-state index contributed by atoms with van der Waals surface area (Å²) in [5, 5.41) is -0.249. The first-order valence-electron chi connectivity index (χ1n) is 8.88. The summed E-state index contributed by atoms with van der Waals surface area (Å²) >= 11 is 0.989. The van der Waals surface area contributed by atoms with Crippen LogP contribution in [0.5, 0.6) is 5.75 Å². The number of carbonyl (C=O) groups excluding carboxylic acids is 2. The van der Waals surface area contributed by atoms with E-state index in [0.29, 0.717) is 4.91 Å². The fourth-order valence-corrected chi connectivity index (χ4v) is 3.98. The smallest absolute Gasteiger partial charge is 0.293 e. The first kappa shape index (κ1) is 19.2. The topological polar surface area (TPSA) is 46.6 Å². The van der Waals surface area contributed by atoms with E-state index in [1.807, 2.05) is 58.0 Å². The average Bonchev–Trinajstić information content (AvgIpc) is 2.87. The van der Waals surface area contributed by atoms with E-state index >= 15 is 0 Å². The molecular formula is C22H23NO3S. The Hall–Kier alpha value is -2.53. The van der Waals surface area contributed by atoms with Gasteiger partial charge in [-0.25, -0.2) is 0 Å². The Morgan fingerprint density at radius 2 is 1.59 bits per heavy atom. The quantitative estimate of drug-likeness (QED) is 0.681. The van der Waals surface area contributed by atoms with Crippen LogP contribution in [-0.2, 0) is 4.79 Å². The van der Waals surface area contributed by atoms with Gasteiger partial charge in [-0.1, -0.05) is 35.4 Å². The Bertz CT molecular complexity index is 893. The van der Waals surface area contributed by atoms with E-state index in [0.717, 1.165) is 39.8 Å². The van der Waals surface area contributed by atoms with Crippen molar-refractivity contribution in [1.29, 1.82) is 0 Å². The number of imide groups is 1. The normalized spacial score (nSPS) is 15.7. The molecule has 0 unspecified atom stereocenters. The Morgan fingerprint density at radius 3 is 2.22 bits per heavy atom. The summed E-state index contributed by atoms with van der Waals surface area (Å²) in [7, 11) is 0. The summed E-state index contributed by atoms with van der Waals surface area (Å²) in [6.07, 6.45) is 1.83. The van der Waals surface area contributed by atoms with Crippen molar-refractivity contribution in [3.63, 3.8) is 0 Å². The van der Waals surface area contributed by atoms with Crippen LogP contribution in [0.3, 0.4) is 0 Å². The van der Waals surface area contributed by atoms with Crippen molar-refractivity contribution >= 4 is 29.0 Å². The summed E-state index contributed by atoms with van der Waals surface area (Å²) in [5.74, 6) is 0.478. The molecule has 0 saturated carbocycles. The summed E-state index contributed by atoms with van der Waals surface area (Å²) in [4.78, 5) is 26.6. The van der Waals surface area contributed by atoms with Gasteiger partial charge in [-0.15, -0.1) is 0 Å². The van der Waals surface area contributed by atoms with Gasteiger partial charge in [-0.2, -0.15) is 0 Å². The van der Waals surface area contributed by atoms with Crippen molar-refractivity contribution < 1.29 is 14.3 Å². The highest BCUT2D eigenvalue weighted by Gasteiger charge is 2.35. The maximum absolute atomic E-state index is 12.7. The monoisotopic (exact) mass is 381 g/mol. The molecule has 1 aliphatic rings. The molecule has 5 heteroatoms. The van der Waals surface area contributed by atoms with Gasteiger partial charge in [0, 0.05) is 0 Å². The molecule has 1 saturated heterocycles. The molecule has 27 heavy (non-hydrogen) atoms. The van der Waals surface area contributed by atoms with Crippen molar-refractivity contribution in [3.05, 3.63) is 69.1 Å². The number of amides is 2. The predicted molar refractivity (Wildman–Crippen MR) is 110 cm³/mol. The van der Waals surface area contributed by atoms with Gasteiger partial charge in [0.15, 0.2) is 0 Å². The SMILES string of the molecule is Cc1ccc(OCCN2C(=O)S/C(=C\c3c(C)cc(C)cc3C)C2=O)cc1. The zero-order chi connectivity index (χ0) is 19.6. The number of aryl methyl sites for hydroxylation is 4. The predicted octanol–water partition coefficient (Wildman–Crippen LogP) is 5.04. The van der Waals surface area contributed by atoms with Gasteiger partial charge in [-0.3, -0.25) is 14.5 Å². The molecule has 1 heterocycles. The lowest BCUT2D eigenvalue weighted by Gasteiger charge is -2.13. The minimum atomic E-state index is -0.253. The van der Waals surface area contributed by atoms with Crippen LogP contribution < -0.4 is 4.74 Å². The van der Waals surface area contributed by atoms with Crippen LogP contribution in [-0.4, -0.2) is 29.2 Å². The third-order valence-corrected chi connectivity index (χ3v) is 5.40. The highest BCUT2D eigenvalue weighted by Crippen LogP contribution is 2.33. The molecular weight excluding hydrogens is 358 g/mol. The standard InChI is InChI=1S/C22H23NO3S/c1-14-5-7-18(8-6-14)26-10-9-23-21(24)20(27-22(23)25)13-19-16(3)11-15(2)12-17(19)4/h5-8,11-13H,9-10H2,1-4H3/b20-13-. The zero-order valence-corrected chi connectivity index (χ0v) is 16.9.